The van der Waals surface area contributed by atoms with Crippen molar-refractivity contribution in [3.63, 3.8) is 0 Å². The van der Waals surface area contributed by atoms with Gasteiger partial charge in [-0.2, -0.15) is 0 Å². The van der Waals surface area contributed by atoms with E-state index < -0.39 is 0 Å². The molecule has 0 aromatic heterocycles. The predicted molar refractivity (Wildman–Crippen MR) is 81.9 cm³/mol. The number of fused-ring (bicyclic) bond motifs is 1. The fraction of sp³-hybridized carbons (Fsp3) is 0.778. The summed E-state index contributed by atoms with van der Waals surface area (Å²) in [6.45, 7) is 2.36. The van der Waals surface area contributed by atoms with E-state index in [4.69, 9.17) is 0 Å². The maximum absolute atomic E-state index is 2.63. The van der Waals surface area contributed by atoms with Crippen LogP contribution in [0.25, 0.3) is 0 Å². The lowest BCUT2D eigenvalue weighted by atomic mass is 9.91. The third kappa shape index (κ3) is 2.75. The first-order valence-corrected chi connectivity index (χ1v) is 8.38. The van der Waals surface area contributed by atoms with Gasteiger partial charge in [-0.05, 0) is 62.7 Å². The third-order valence-corrected chi connectivity index (χ3v) is 5.71. The maximum Gasteiger partial charge on any atom is 0.0315 e. The lowest BCUT2D eigenvalue weighted by Gasteiger charge is -2.23. The van der Waals surface area contributed by atoms with Crippen LogP contribution >= 0.6 is 0 Å². The van der Waals surface area contributed by atoms with Crippen LogP contribution in [0, 0.1) is 17.8 Å². The average Bonchev–Trinajstić information content (AvgIpc) is 3.10. The Balaban J connectivity index is 1.64. The molecule has 2 fully saturated rings. The van der Waals surface area contributed by atoms with Crippen LogP contribution in [0.1, 0.15) is 58.3 Å². The van der Waals surface area contributed by atoms with Crippen LogP contribution < -0.4 is 0 Å². The highest BCUT2D eigenvalue weighted by atomic mass is 15.2. The van der Waals surface area contributed by atoms with Gasteiger partial charge < -0.3 is 4.90 Å². The molecule has 0 aromatic carbocycles. The second-order valence-corrected chi connectivity index (χ2v) is 6.90. The Kier molecular flexibility index (Phi) is 4.00. The van der Waals surface area contributed by atoms with Crippen LogP contribution in [-0.2, 0) is 0 Å². The van der Waals surface area contributed by atoms with Gasteiger partial charge in [-0.25, -0.2) is 0 Å². The minimum atomic E-state index is 0.795. The highest BCUT2D eigenvalue weighted by Gasteiger charge is 2.38. The highest BCUT2D eigenvalue weighted by Crippen LogP contribution is 2.42. The summed E-state index contributed by atoms with van der Waals surface area (Å²) in [7, 11) is 2.34. The maximum atomic E-state index is 2.63. The van der Waals surface area contributed by atoms with Crippen molar-refractivity contribution in [2.45, 2.75) is 64.3 Å². The van der Waals surface area contributed by atoms with Crippen LogP contribution in [0.3, 0.4) is 0 Å². The molecule has 0 N–H and O–H groups in total. The summed E-state index contributed by atoms with van der Waals surface area (Å²) in [6.07, 6.45) is 18.5. The quantitative estimate of drug-likeness (QED) is 0.658. The molecule has 4 atom stereocenters. The van der Waals surface area contributed by atoms with Crippen molar-refractivity contribution in [3.8, 4) is 0 Å². The number of hydrogen-bond acceptors (Lipinski definition) is 1. The lowest BCUT2D eigenvalue weighted by molar-refractivity contribution is 0.322. The Morgan fingerprint density at radius 3 is 2.95 bits per heavy atom. The summed E-state index contributed by atoms with van der Waals surface area (Å²) in [6, 6.07) is 0.870. The van der Waals surface area contributed by atoms with Gasteiger partial charge in [0, 0.05) is 18.8 Å². The molecule has 4 unspecified atom stereocenters. The average molecular weight is 259 g/mol. The Bertz CT molecular complexity index is 368. The van der Waals surface area contributed by atoms with E-state index in [9.17, 15) is 0 Å². The van der Waals surface area contributed by atoms with E-state index in [1.54, 1.807) is 5.70 Å². The molecule has 1 saturated heterocycles. The molecular weight excluding hydrogens is 230 g/mol. The molecule has 1 heterocycles. The van der Waals surface area contributed by atoms with E-state index in [2.05, 4.69) is 37.1 Å². The van der Waals surface area contributed by atoms with Crippen molar-refractivity contribution in [2.24, 2.45) is 17.8 Å². The normalized spacial score (nSPS) is 37.3. The molecule has 0 aromatic rings. The molecule has 0 radical (unpaired) electrons. The van der Waals surface area contributed by atoms with E-state index in [-0.39, 0.29) is 0 Å². The summed E-state index contributed by atoms with van der Waals surface area (Å²) >= 11 is 0. The van der Waals surface area contributed by atoms with Crippen molar-refractivity contribution in [3.05, 3.63) is 23.9 Å². The van der Waals surface area contributed by atoms with Gasteiger partial charge in [0.2, 0.25) is 0 Å². The molecule has 3 aliphatic rings. The zero-order valence-corrected chi connectivity index (χ0v) is 12.6. The van der Waals surface area contributed by atoms with Gasteiger partial charge in [-0.3, -0.25) is 0 Å². The van der Waals surface area contributed by atoms with Crippen LogP contribution in [0.15, 0.2) is 23.9 Å². The summed E-state index contributed by atoms with van der Waals surface area (Å²) in [5, 5.41) is 0. The summed E-state index contributed by atoms with van der Waals surface area (Å²) in [4.78, 5) is 2.62. The number of hydrogen-bond donors (Lipinski definition) is 0. The highest BCUT2D eigenvalue weighted by molar-refractivity contribution is 5.14. The smallest absolute Gasteiger partial charge is 0.0315 e. The first-order valence-electron chi connectivity index (χ1n) is 8.38. The predicted octanol–water partition coefficient (Wildman–Crippen LogP) is 4.76. The largest absolute Gasteiger partial charge is 0.375 e. The fourth-order valence-electron chi connectivity index (χ4n) is 4.48. The fourth-order valence-corrected chi connectivity index (χ4v) is 4.48. The number of rotatable bonds is 4. The molecule has 0 bridgehead atoms. The summed E-state index contributed by atoms with van der Waals surface area (Å²) in [5.41, 5.74) is 1.66. The standard InChI is InChI=1S/C18H29N/c1-3-14(11-15-7-4-5-8-15)12-17-13-16-9-6-10-18(16)19(17)2/h4,7,12,14-16,18H,3,5-6,8-11,13H2,1-2H3/b17-12+. The van der Waals surface area contributed by atoms with Crippen LogP contribution in [0.2, 0.25) is 0 Å². The van der Waals surface area contributed by atoms with E-state index in [1.165, 1.54) is 51.4 Å². The summed E-state index contributed by atoms with van der Waals surface area (Å²) < 4.78 is 0. The van der Waals surface area contributed by atoms with Crippen LogP contribution in [-0.4, -0.2) is 18.0 Å². The van der Waals surface area contributed by atoms with E-state index in [0.717, 1.165) is 23.8 Å². The van der Waals surface area contributed by atoms with Gasteiger partial charge in [0.05, 0.1) is 0 Å². The zero-order chi connectivity index (χ0) is 13.2. The molecular formula is C18H29N. The molecule has 1 saturated carbocycles. The van der Waals surface area contributed by atoms with Crippen molar-refractivity contribution < 1.29 is 0 Å². The first kappa shape index (κ1) is 13.3. The van der Waals surface area contributed by atoms with Gasteiger partial charge in [0.1, 0.15) is 0 Å². The SMILES string of the molecule is CCC(/C=C1\CC2CCCC2N1C)CC1C=CCC1. The van der Waals surface area contributed by atoms with Crippen molar-refractivity contribution in [1.29, 1.82) is 0 Å². The van der Waals surface area contributed by atoms with Crippen LogP contribution in [0.5, 0.6) is 0 Å². The van der Waals surface area contributed by atoms with E-state index in [0.29, 0.717) is 0 Å². The Hall–Kier alpha value is -0.720. The zero-order valence-electron chi connectivity index (χ0n) is 12.6. The monoisotopic (exact) mass is 259 g/mol. The molecule has 106 valence electrons. The topological polar surface area (TPSA) is 3.24 Å². The number of likely N-dealkylation sites (tertiary alicyclic amines) is 1. The van der Waals surface area contributed by atoms with E-state index in [1.807, 2.05) is 0 Å². The molecule has 1 heteroatoms. The lowest BCUT2D eigenvalue weighted by Crippen LogP contribution is -2.24. The van der Waals surface area contributed by atoms with Gasteiger partial charge in [-0.1, -0.05) is 31.6 Å². The second-order valence-electron chi connectivity index (χ2n) is 6.90. The molecule has 1 nitrogen and oxygen atoms in total. The molecule has 19 heavy (non-hydrogen) atoms. The van der Waals surface area contributed by atoms with Gasteiger partial charge in [0.25, 0.3) is 0 Å². The Labute approximate surface area is 118 Å². The van der Waals surface area contributed by atoms with Crippen LogP contribution in [0.4, 0.5) is 0 Å². The first-order chi connectivity index (χ1) is 9.28. The Morgan fingerprint density at radius 2 is 2.26 bits per heavy atom. The number of allylic oxidation sites excluding steroid dienone is 4. The Morgan fingerprint density at radius 1 is 1.37 bits per heavy atom. The number of nitrogens with zero attached hydrogens (tertiary/aromatic N) is 1. The second kappa shape index (κ2) is 5.73. The van der Waals surface area contributed by atoms with Gasteiger partial charge in [0.15, 0.2) is 0 Å². The van der Waals surface area contributed by atoms with Crippen molar-refractivity contribution in [2.75, 3.05) is 7.05 Å². The summed E-state index contributed by atoms with van der Waals surface area (Å²) in [5.74, 6) is 2.62. The van der Waals surface area contributed by atoms with Crippen molar-refractivity contribution >= 4 is 0 Å². The van der Waals surface area contributed by atoms with Gasteiger partial charge in [-0.15, -0.1) is 0 Å². The third-order valence-electron chi connectivity index (χ3n) is 5.71. The minimum Gasteiger partial charge on any atom is -0.375 e. The van der Waals surface area contributed by atoms with Crippen molar-refractivity contribution in [1.82, 2.24) is 4.90 Å². The minimum absolute atomic E-state index is 0.795. The van der Waals surface area contributed by atoms with Gasteiger partial charge >= 0.3 is 0 Å². The van der Waals surface area contributed by atoms with E-state index >= 15 is 0 Å². The molecule has 0 spiro atoms. The molecule has 1 aliphatic heterocycles. The molecule has 0 amide bonds. The molecule has 2 aliphatic carbocycles. The molecule has 3 rings (SSSR count).